The van der Waals surface area contributed by atoms with Crippen LogP contribution in [-0.4, -0.2) is 93.0 Å². The topological polar surface area (TPSA) is 119 Å². The minimum atomic E-state index is -4.74. The Labute approximate surface area is 292 Å². The van der Waals surface area contributed by atoms with Crippen LogP contribution in [0.1, 0.15) is 58.4 Å². The Morgan fingerprint density at radius 1 is 1.18 bits per heavy atom. The van der Waals surface area contributed by atoms with Gasteiger partial charge >= 0.3 is 18.3 Å². The first-order valence-corrected chi connectivity index (χ1v) is 17.3. The molecule has 15 heteroatoms. The number of nitrogens with two attached hydrogens (primary N) is 1. The molecule has 0 spiro atoms. The first kappa shape index (κ1) is 33.1. The number of halogens is 4. The Balaban J connectivity index is 1.26. The molecular weight excluding hydrogens is 675 g/mol. The van der Waals surface area contributed by atoms with Crippen LogP contribution in [0.3, 0.4) is 0 Å². The number of rotatable bonds is 4. The van der Waals surface area contributed by atoms with Crippen molar-refractivity contribution in [2.75, 3.05) is 43.5 Å². The van der Waals surface area contributed by atoms with Crippen LogP contribution in [0, 0.1) is 0 Å². The second-order valence-electron chi connectivity index (χ2n) is 15.1. The first-order chi connectivity index (χ1) is 23.6. The van der Waals surface area contributed by atoms with Crippen LogP contribution >= 0.6 is 11.6 Å². The molecule has 8 rings (SSSR count). The van der Waals surface area contributed by atoms with Crippen LogP contribution in [0.4, 0.5) is 29.6 Å². The SMILES string of the molecule is C=C1CN2CCC[C@@]2(COc2nc3c4c(c(Cl)c(-c5nc(N)ccc5C(F)(F)F)cc4n2)OC[C@@H]2[C@@H]4CC[C@H](CN32)N4C(=O)OC(C)(C)C)C1. The van der Waals surface area contributed by atoms with Crippen LogP contribution < -0.4 is 20.1 Å². The quantitative estimate of drug-likeness (QED) is 0.302. The maximum atomic E-state index is 14.3. The maximum Gasteiger partial charge on any atom is 0.418 e. The van der Waals surface area contributed by atoms with E-state index in [2.05, 4.69) is 21.4 Å². The summed E-state index contributed by atoms with van der Waals surface area (Å²) >= 11 is 6.99. The minimum Gasteiger partial charge on any atom is -0.489 e. The Hall–Kier alpha value is -4.04. The van der Waals surface area contributed by atoms with Gasteiger partial charge in [0.1, 0.15) is 30.5 Å². The van der Waals surface area contributed by atoms with Gasteiger partial charge in [-0.25, -0.2) is 9.78 Å². The summed E-state index contributed by atoms with van der Waals surface area (Å²) in [6.45, 7) is 12.3. The van der Waals surface area contributed by atoms with Crippen molar-refractivity contribution in [3.05, 3.63) is 40.9 Å². The summed E-state index contributed by atoms with van der Waals surface area (Å²) in [6.07, 6.45) is -0.847. The number of benzene rings is 1. The van der Waals surface area contributed by atoms with Gasteiger partial charge in [0.2, 0.25) is 0 Å². The van der Waals surface area contributed by atoms with Gasteiger partial charge in [-0.1, -0.05) is 23.8 Å². The highest BCUT2D eigenvalue weighted by molar-refractivity contribution is 6.36. The lowest BCUT2D eigenvalue weighted by atomic mass is 9.94. The summed E-state index contributed by atoms with van der Waals surface area (Å²) in [5, 5.41) is 0.379. The van der Waals surface area contributed by atoms with Crippen molar-refractivity contribution in [3.63, 3.8) is 0 Å². The molecule has 11 nitrogen and oxygen atoms in total. The minimum absolute atomic E-state index is 0.0335. The van der Waals surface area contributed by atoms with E-state index < -0.39 is 29.1 Å². The summed E-state index contributed by atoms with van der Waals surface area (Å²) in [7, 11) is 0. The third-order valence-electron chi connectivity index (χ3n) is 10.6. The molecule has 266 valence electrons. The second-order valence-corrected chi connectivity index (χ2v) is 15.5. The number of nitrogens with zero attached hydrogens (tertiary/aromatic N) is 6. The number of fused-ring (bicyclic) bond motifs is 6. The molecule has 2 aromatic heterocycles. The molecule has 4 fully saturated rings. The number of amides is 1. The molecule has 2 N–H and O–H groups in total. The molecule has 4 atom stereocenters. The molecule has 0 aliphatic carbocycles. The molecule has 5 aliphatic rings. The highest BCUT2D eigenvalue weighted by Gasteiger charge is 2.52. The highest BCUT2D eigenvalue weighted by Crippen LogP contribution is 2.50. The third kappa shape index (κ3) is 5.45. The molecular formula is C35H39ClF3N7O4. The molecule has 1 amide bonds. The van der Waals surface area contributed by atoms with Crippen LogP contribution in [0.25, 0.3) is 22.2 Å². The molecule has 5 aliphatic heterocycles. The zero-order chi connectivity index (χ0) is 35.3. The van der Waals surface area contributed by atoms with E-state index in [1.165, 1.54) is 6.07 Å². The predicted octanol–water partition coefficient (Wildman–Crippen LogP) is 6.47. The molecule has 1 aromatic carbocycles. The number of hydrogen-bond donors (Lipinski definition) is 1. The van der Waals surface area contributed by atoms with Crippen molar-refractivity contribution in [3.8, 4) is 23.0 Å². The monoisotopic (exact) mass is 713 g/mol. The lowest BCUT2D eigenvalue weighted by Gasteiger charge is -2.46. The molecule has 7 heterocycles. The number of hydrogen-bond acceptors (Lipinski definition) is 10. The van der Waals surface area contributed by atoms with Crippen LogP contribution in [0.15, 0.2) is 30.4 Å². The lowest BCUT2D eigenvalue weighted by Crippen LogP contribution is -2.63. The standard InChI is InChI=1S/C35H39ClF3N7O4/c1-18-13-34(10-5-11-44(34)14-18)17-49-31-41-22-12-20(28-21(35(37,38)39)7-9-25(40)42-28)27(36)29-26(22)30(43-31)45-15-19-6-8-23(24(45)16-48-29)46(19)32(47)50-33(2,3)4/h7,9,12,19,23-24H,1,5-6,8,10-11,13-17H2,2-4H3,(H2,40,42)/t19-,23+,24-,34+/m1/s1. The van der Waals surface area contributed by atoms with Crippen molar-refractivity contribution in [1.29, 1.82) is 0 Å². The van der Waals surface area contributed by atoms with Gasteiger partial charge in [0, 0.05) is 18.7 Å². The summed E-state index contributed by atoms with van der Waals surface area (Å²) in [4.78, 5) is 33.6. The molecule has 3 aromatic rings. The highest BCUT2D eigenvalue weighted by atomic mass is 35.5. The van der Waals surface area contributed by atoms with Crippen LogP contribution in [0.2, 0.25) is 5.02 Å². The number of piperazine rings is 1. The first-order valence-electron chi connectivity index (χ1n) is 17.0. The summed E-state index contributed by atoms with van der Waals surface area (Å²) in [5.74, 6) is 0.530. The molecule has 2 bridgehead atoms. The van der Waals surface area contributed by atoms with Crippen molar-refractivity contribution in [1.82, 2.24) is 24.8 Å². The van der Waals surface area contributed by atoms with Crippen LogP contribution in [0.5, 0.6) is 11.8 Å². The van der Waals surface area contributed by atoms with Crippen molar-refractivity contribution >= 4 is 40.2 Å². The van der Waals surface area contributed by atoms with Crippen molar-refractivity contribution < 1.29 is 32.2 Å². The van der Waals surface area contributed by atoms with Gasteiger partial charge in [-0.2, -0.15) is 23.1 Å². The van der Waals surface area contributed by atoms with Crippen LogP contribution in [-0.2, 0) is 10.9 Å². The summed E-state index contributed by atoms with van der Waals surface area (Å²) in [5.41, 5.74) is 4.99. The number of ether oxygens (including phenoxy) is 3. The van der Waals surface area contributed by atoms with E-state index >= 15 is 0 Å². The Kier molecular flexibility index (Phi) is 7.61. The summed E-state index contributed by atoms with van der Waals surface area (Å²) < 4.78 is 61.6. The van der Waals surface area contributed by atoms with E-state index in [-0.39, 0.29) is 64.0 Å². The molecule has 0 radical (unpaired) electrons. The van der Waals surface area contributed by atoms with Gasteiger partial charge in [-0.05, 0) is 77.6 Å². The molecule has 50 heavy (non-hydrogen) atoms. The fraction of sp³-hybridized carbons (Fsp3) is 0.543. The Bertz CT molecular complexity index is 1920. The number of aromatic nitrogens is 3. The van der Waals surface area contributed by atoms with E-state index in [1.807, 2.05) is 25.7 Å². The average Bonchev–Trinajstić information content (AvgIpc) is 3.62. The number of carbonyl (C=O) groups excluding carboxylic acids is 1. The molecule has 0 unspecified atom stereocenters. The van der Waals surface area contributed by atoms with Gasteiger partial charge in [0.15, 0.2) is 5.75 Å². The fourth-order valence-electron chi connectivity index (χ4n) is 8.59. The normalized spacial score (nSPS) is 26.1. The number of anilines is 2. The van der Waals surface area contributed by atoms with Gasteiger partial charge in [-0.15, -0.1) is 0 Å². The van der Waals surface area contributed by atoms with Gasteiger partial charge in [0.25, 0.3) is 0 Å². The number of nitrogen functional groups attached to an aromatic ring is 1. The fourth-order valence-corrected chi connectivity index (χ4v) is 8.88. The zero-order valence-electron chi connectivity index (χ0n) is 28.1. The average molecular weight is 714 g/mol. The Morgan fingerprint density at radius 2 is 1.98 bits per heavy atom. The van der Waals surface area contributed by atoms with Gasteiger partial charge in [0.05, 0.1) is 50.8 Å². The smallest absolute Gasteiger partial charge is 0.418 e. The lowest BCUT2D eigenvalue weighted by molar-refractivity contribution is -0.137. The number of alkyl halides is 3. The third-order valence-corrected chi connectivity index (χ3v) is 11.0. The van der Waals surface area contributed by atoms with Gasteiger partial charge in [-0.3, -0.25) is 9.80 Å². The predicted molar refractivity (Wildman–Crippen MR) is 181 cm³/mol. The van der Waals surface area contributed by atoms with Gasteiger partial charge < -0.3 is 24.8 Å². The summed E-state index contributed by atoms with van der Waals surface area (Å²) in [6, 6.07) is 2.77. The van der Waals surface area contributed by atoms with Crippen molar-refractivity contribution in [2.45, 2.75) is 88.3 Å². The number of pyridine rings is 1. The van der Waals surface area contributed by atoms with E-state index in [4.69, 9.17) is 41.5 Å². The maximum absolute atomic E-state index is 14.3. The van der Waals surface area contributed by atoms with E-state index in [0.29, 0.717) is 30.8 Å². The largest absolute Gasteiger partial charge is 0.489 e. The molecule has 0 saturated carbocycles. The van der Waals surface area contributed by atoms with E-state index in [1.54, 1.807) is 0 Å². The number of carbonyl (C=O) groups is 1. The molecule has 4 saturated heterocycles. The zero-order valence-corrected chi connectivity index (χ0v) is 28.9. The van der Waals surface area contributed by atoms with E-state index in [0.717, 1.165) is 56.5 Å². The van der Waals surface area contributed by atoms with E-state index in [9.17, 15) is 18.0 Å². The second kappa shape index (κ2) is 11.5. The Morgan fingerprint density at radius 3 is 2.74 bits per heavy atom. The van der Waals surface area contributed by atoms with Crippen molar-refractivity contribution in [2.24, 2.45) is 0 Å².